The molecule has 6 nitrogen and oxygen atoms in total. The Morgan fingerprint density at radius 3 is 2.42 bits per heavy atom. The van der Waals surface area contributed by atoms with Gasteiger partial charge in [0.25, 0.3) is 0 Å². The van der Waals surface area contributed by atoms with Crippen LogP contribution < -0.4 is 5.32 Å². The number of amides is 2. The van der Waals surface area contributed by atoms with Gasteiger partial charge in [0.2, 0.25) is 11.8 Å². The average Bonchev–Trinajstić information content (AvgIpc) is 3.10. The van der Waals surface area contributed by atoms with Crippen molar-refractivity contribution in [2.24, 2.45) is 0 Å². The molecule has 0 aliphatic carbocycles. The van der Waals surface area contributed by atoms with Gasteiger partial charge in [0.1, 0.15) is 12.4 Å². The SMILES string of the molecule is CCCCCC(=O)N(CC(=O)Nc1cc(C(C)(C)C)nn1-c1ccccc1C)C(C)C. The van der Waals surface area contributed by atoms with Crippen LogP contribution in [0.25, 0.3) is 5.69 Å². The number of carbonyl (C=O) groups is 2. The molecule has 0 saturated carbocycles. The predicted molar refractivity (Wildman–Crippen MR) is 127 cm³/mol. The molecule has 2 amide bonds. The van der Waals surface area contributed by atoms with E-state index in [2.05, 4.69) is 33.0 Å². The number of para-hydroxylation sites is 1. The van der Waals surface area contributed by atoms with Gasteiger partial charge in [0.05, 0.1) is 11.4 Å². The van der Waals surface area contributed by atoms with Crippen LogP contribution in [-0.2, 0) is 15.0 Å². The van der Waals surface area contributed by atoms with Crippen LogP contribution >= 0.6 is 0 Å². The summed E-state index contributed by atoms with van der Waals surface area (Å²) in [4.78, 5) is 27.2. The second-order valence-corrected chi connectivity index (χ2v) is 9.48. The zero-order valence-electron chi connectivity index (χ0n) is 20.2. The molecule has 0 aliphatic heterocycles. The van der Waals surface area contributed by atoms with Crippen molar-refractivity contribution in [2.45, 2.75) is 85.6 Å². The van der Waals surface area contributed by atoms with E-state index >= 15 is 0 Å². The molecule has 6 heteroatoms. The van der Waals surface area contributed by atoms with Crippen molar-refractivity contribution >= 4 is 17.6 Å². The second kappa shape index (κ2) is 10.6. The Bertz CT molecular complexity index is 893. The summed E-state index contributed by atoms with van der Waals surface area (Å²) in [6.45, 7) is 14.3. The third-order valence-electron chi connectivity index (χ3n) is 5.34. The quantitative estimate of drug-likeness (QED) is 0.558. The molecule has 0 radical (unpaired) electrons. The lowest BCUT2D eigenvalue weighted by molar-refractivity contribution is -0.136. The fraction of sp³-hybridized carbons (Fsp3) is 0.560. The molecule has 0 spiro atoms. The van der Waals surface area contributed by atoms with E-state index in [1.54, 1.807) is 9.58 Å². The Kier molecular flexibility index (Phi) is 8.43. The van der Waals surface area contributed by atoms with Gasteiger partial charge in [-0.1, -0.05) is 58.7 Å². The molecule has 2 rings (SSSR count). The Balaban J connectivity index is 2.26. The van der Waals surface area contributed by atoms with Crippen molar-refractivity contribution < 1.29 is 9.59 Å². The molecule has 170 valence electrons. The van der Waals surface area contributed by atoms with E-state index < -0.39 is 0 Å². The van der Waals surface area contributed by atoms with Gasteiger partial charge in [-0.2, -0.15) is 5.10 Å². The number of anilines is 1. The molecule has 1 heterocycles. The average molecular weight is 427 g/mol. The Morgan fingerprint density at radius 2 is 1.84 bits per heavy atom. The van der Waals surface area contributed by atoms with Crippen LogP contribution in [0.1, 0.15) is 78.5 Å². The van der Waals surface area contributed by atoms with E-state index in [0.717, 1.165) is 36.2 Å². The van der Waals surface area contributed by atoms with E-state index in [1.165, 1.54) is 0 Å². The minimum Gasteiger partial charge on any atom is -0.331 e. The van der Waals surface area contributed by atoms with E-state index in [9.17, 15) is 9.59 Å². The van der Waals surface area contributed by atoms with Crippen LogP contribution in [0.5, 0.6) is 0 Å². The number of aryl methyl sites for hydroxylation is 1. The molecule has 1 N–H and O–H groups in total. The van der Waals surface area contributed by atoms with Crippen LogP contribution in [-0.4, -0.2) is 39.1 Å². The van der Waals surface area contributed by atoms with Crippen molar-refractivity contribution in [3.8, 4) is 5.69 Å². The summed E-state index contributed by atoms with van der Waals surface area (Å²) in [5.74, 6) is 0.431. The van der Waals surface area contributed by atoms with Gasteiger partial charge >= 0.3 is 0 Å². The standard InChI is InChI=1S/C25H38N4O2/c1-8-9-10-15-24(31)28(18(2)3)17-23(30)26-22-16-21(25(5,6)7)27-29(22)20-14-12-11-13-19(20)4/h11-14,16,18H,8-10,15,17H2,1-7H3,(H,26,30). The highest BCUT2D eigenvalue weighted by atomic mass is 16.2. The molecule has 2 aromatic rings. The molecule has 31 heavy (non-hydrogen) atoms. The highest BCUT2D eigenvalue weighted by Gasteiger charge is 2.24. The summed E-state index contributed by atoms with van der Waals surface area (Å²) in [5, 5.41) is 7.79. The van der Waals surface area contributed by atoms with E-state index in [1.807, 2.05) is 51.1 Å². The third kappa shape index (κ3) is 6.68. The monoisotopic (exact) mass is 426 g/mol. The summed E-state index contributed by atoms with van der Waals surface area (Å²) >= 11 is 0. The number of hydrogen-bond acceptors (Lipinski definition) is 3. The minimum absolute atomic E-state index is 0.0291. The minimum atomic E-state index is -0.215. The number of unbranched alkanes of at least 4 members (excludes halogenated alkanes) is 2. The van der Waals surface area contributed by atoms with Crippen molar-refractivity contribution in [1.82, 2.24) is 14.7 Å². The molecule has 1 aromatic heterocycles. The largest absolute Gasteiger partial charge is 0.331 e. The summed E-state index contributed by atoms with van der Waals surface area (Å²) in [6.07, 6.45) is 3.42. The smallest absolute Gasteiger partial charge is 0.245 e. The Labute approximate surface area is 187 Å². The van der Waals surface area contributed by atoms with Crippen LogP contribution in [0.15, 0.2) is 30.3 Å². The number of nitrogens with zero attached hydrogens (tertiary/aromatic N) is 3. The molecule has 0 fully saturated rings. The maximum atomic E-state index is 12.9. The topological polar surface area (TPSA) is 67.2 Å². The van der Waals surface area contributed by atoms with E-state index in [-0.39, 0.29) is 29.8 Å². The van der Waals surface area contributed by atoms with Gasteiger partial charge in [0.15, 0.2) is 0 Å². The highest BCUT2D eigenvalue weighted by Crippen LogP contribution is 2.27. The number of rotatable bonds is 9. The van der Waals surface area contributed by atoms with Gasteiger partial charge in [-0.05, 0) is 38.8 Å². The summed E-state index contributed by atoms with van der Waals surface area (Å²) in [6, 6.07) is 9.84. The van der Waals surface area contributed by atoms with Crippen molar-refractivity contribution in [1.29, 1.82) is 0 Å². The van der Waals surface area contributed by atoms with E-state index in [0.29, 0.717) is 12.2 Å². The summed E-state index contributed by atoms with van der Waals surface area (Å²) < 4.78 is 1.79. The molecule has 0 bridgehead atoms. The zero-order valence-corrected chi connectivity index (χ0v) is 20.2. The van der Waals surface area contributed by atoms with Gasteiger partial charge < -0.3 is 10.2 Å². The summed E-state index contributed by atoms with van der Waals surface area (Å²) in [7, 11) is 0. The lowest BCUT2D eigenvalue weighted by atomic mass is 9.92. The Hall–Kier alpha value is -2.63. The molecule has 0 aliphatic rings. The lowest BCUT2D eigenvalue weighted by Gasteiger charge is -2.26. The number of aromatic nitrogens is 2. The molecular formula is C25H38N4O2. The highest BCUT2D eigenvalue weighted by molar-refractivity contribution is 5.94. The molecule has 0 atom stereocenters. The first-order valence-electron chi connectivity index (χ1n) is 11.3. The van der Waals surface area contributed by atoms with Crippen LogP contribution in [0, 0.1) is 6.92 Å². The number of hydrogen-bond donors (Lipinski definition) is 1. The van der Waals surface area contributed by atoms with Gasteiger partial charge in [-0.25, -0.2) is 4.68 Å². The molecular weight excluding hydrogens is 388 g/mol. The third-order valence-corrected chi connectivity index (χ3v) is 5.34. The van der Waals surface area contributed by atoms with Crippen molar-refractivity contribution in [3.63, 3.8) is 0 Å². The van der Waals surface area contributed by atoms with Crippen molar-refractivity contribution in [3.05, 3.63) is 41.6 Å². The predicted octanol–water partition coefficient (Wildman–Crippen LogP) is 5.23. The zero-order chi connectivity index (χ0) is 23.2. The van der Waals surface area contributed by atoms with Crippen molar-refractivity contribution in [2.75, 3.05) is 11.9 Å². The number of benzene rings is 1. The number of nitrogens with one attached hydrogen (secondary N) is 1. The first-order chi connectivity index (χ1) is 14.5. The Morgan fingerprint density at radius 1 is 1.16 bits per heavy atom. The maximum absolute atomic E-state index is 12.9. The fourth-order valence-electron chi connectivity index (χ4n) is 3.39. The first-order valence-corrected chi connectivity index (χ1v) is 11.3. The van der Waals surface area contributed by atoms with Crippen LogP contribution in [0.2, 0.25) is 0 Å². The number of carbonyl (C=O) groups excluding carboxylic acids is 2. The molecule has 1 aromatic carbocycles. The molecule has 0 unspecified atom stereocenters. The van der Waals surface area contributed by atoms with Gasteiger partial charge in [-0.15, -0.1) is 0 Å². The van der Waals surface area contributed by atoms with E-state index in [4.69, 9.17) is 5.10 Å². The molecule has 0 saturated heterocycles. The van der Waals surface area contributed by atoms with Gasteiger partial charge in [0, 0.05) is 23.9 Å². The van der Waals surface area contributed by atoms with Crippen LogP contribution in [0.4, 0.5) is 5.82 Å². The van der Waals surface area contributed by atoms with Gasteiger partial charge in [-0.3, -0.25) is 9.59 Å². The maximum Gasteiger partial charge on any atom is 0.245 e. The summed E-state index contributed by atoms with van der Waals surface area (Å²) in [5.41, 5.74) is 2.72. The fourth-order valence-corrected chi connectivity index (χ4v) is 3.39. The first kappa shape index (κ1) is 24.6. The second-order valence-electron chi connectivity index (χ2n) is 9.48. The normalized spacial score (nSPS) is 11.6. The lowest BCUT2D eigenvalue weighted by Crippen LogP contribution is -2.42. The van der Waals surface area contributed by atoms with Crippen LogP contribution in [0.3, 0.4) is 0 Å².